The van der Waals surface area contributed by atoms with E-state index < -0.39 is 6.43 Å². The molecule has 3 nitrogen and oxygen atoms in total. The Bertz CT molecular complexity index is 213. The van der Waals surface area contributed by atoms with Crippen molar-refractivity contribution >= 4 is 0 Å². The molecule has 0 N–H and O–H groups in total. The molecule has 0 atom stereocenters. The second-order valence-electron chi connectivity index (χ2n) is 2.49. The predicted octanol–water partition coefficient (Wildman–Crippen LogP) is 3.16. The van der Waals surface area contributed by atoms with Crippen LogP contribution in [0, 0.1) is 0 Å². The zero-order valence-electron chi connectivity index (χ0n) is 8.21. The van der Waals surface area contributed by atoms with E-state index in [0.717, 1.165) is 0 Å². The highest BCUT2D eigenvalue weighted by Crippen LogP contribution is 2.24. The normalized spacial score (nSPS) is 10.2. The Balaban J connectivity index is 0.000000671. The third-order valence-electron chi connectivity index (χ3n) is 1.29. The van der Waals surface area contributed by atoms with Crippen molar-refractivity contribution in [1.29, 1.82) is 0 Å². The first kappa shape index (κ1) is 12.0. The maximum absolute atomic E-state index is 12.1. The molecular weight excluding hydrogens is 178 g/mol. The molecule has 1 aromatic rings. The second kappa shape index (κ2) is 5.61. The molecule has 0 spiro atoms. The molecule has 0 radical (unpaired) electrons. The maximum Gasteiger partial charge on any atom is 0.285 e. The topological polar surface area (TPSA) is 38.9 Å². The molecule has 0 saturated heterocycles. The van der Waals surface area contributed by atoms with Gasteiger partial charge in [-0.2, -0.15) is 0 Å². The largest absolute Gasteiger partial charge is 0.285 e. The van der Waals surface area contributed by atoms with Crippen molar-refractivity contribution in [3.63, 3.8) is 0 Å². The smallest absolute Gasteiger partial charge is 0.244 e. The lowest BCUT2D eigenvalue weighted by atomic mass is 10.1. The number of nitrogens with zero attached hydrogens (tertiary/aromatic N) is 2. The van der Waals surface area contributed by atoms with Gasteiger partial charge in [0.1, 0.15) is 5.69 Å². The molecule has 0 amide bonds. The maximum atomic E-state index is 12.1. The van der Waals surface area contributed by atoms with Gasteiger partial charge in [0, 0.05) is 5.92 Å². The summed E-state index contributed by atoms with van der Waals surface area (Å²) in [6.45, 7) is 7.51. The van der Waals surface area contributed by atoms with Gasteiger partial charge in [0.2, 0.25) is 0 Å². The molecule has 1 aromatic heterocycles. The lowest BCUT2D eigenvalue weighted by molar-refractivity contribution is 0.138. The predicted molar refractivity (Wildman–Crippen MR) is 44.7 cm³/mol. The summed E-state index contributed by atoms with van der Waals surface area (Å²) in [5.41, 5.74) is -0.111. The van der Waals surface area contributed by atoms with Crippen LogP contribution in [0.4, 0.5) is 8.78 Å². The molecule has 13 heavy (non-hydrogen) atoms. The molecule has 0 bridgehead atoms. The minimum Gasteiger partial charge on any atom is -0.244 e. The summed E-state index contributed by atoms with van der Waals surface area (Å²) in [6.07, 6.45) is -2.60. The summed E-state index contributed by atoms with van der Waals surface area (Å²) in [5, 5.41) is 6.47. The summed E-state index contributed by atoms with van der Waals surface area (Å²) in [5.74, 6) is -0.0785. The highest BCUT2D eigenvalue weighted by Gasteiger charge is 2.21. The second-order valence-corrected chi connectivity index (χ2v) is 2.49. The molecule has 0 saturated carbocycles. The summed E-state index contributed by atoms with van der Waals surface area (Å²) in [4.78, 5) is 0. The number of halogens is 2. The third kappa shape index (κ3) is 3.08. The van der Waals surface area contributed by atoms with Crippen LogP contribution in [0.3, 0.4) is 0 Å². The van der Waals surface area contributed by atoms with Gasteiger partial charge in [0.05, 0.1) is 0 Å². The Hall–Kier alpha value is -1.00. The molecule has 0 unspecified atom stereocenters. The molecule has 0 aromatic carbocycles. The van der Waals surface area contributed by atoms with E-state index in [0.29, 0.717) is 0 Å². The molecule has 76 valence electrons. The first-order valence-electron chi connectivity index (χ1n) is 4.23. The van der Waals surface area contributed by atoms with Gasteiger partial charge in [-0.15, -0.1) is 0 Å². The Morgan fingerprint density at radius 3 is 1.85 bits per heavy atom. The fourth-order valence-corrected chi connectivity index (χ4v) is 0.755. The van der Waals surface area contributed by atoms with Crippen LogP contribution in [0.5, 0.6) is 0 Å². The Kier molecular flexibility index (Phi) is 5.18. The van der Waals surface area contributed by atoms with Crippen molar-refractivity contribution in [2.75, 3.05) is 0 Å². The summed E-state index contributed by atoms with van der Waals surface area (Å²) in [6, 6.07) is 0. The SMILES string of the molecule is CC.CC(C)c1nonc1C(F)F. The molecule has 0 aliphatic carbocycles. The number of alkyl halides is 2. The fourth-order valence-electron chi connectivity index (χ4n) is 0.755. The summed E-state index contributed by atoms with van der Waals surface area (Å²) in [7, 11) is 0. The van der Waals surface area contributed by atoms with Crippen LogP contribution in [-0.2, 0) is 0 Å². The molecule has 1 rings (SSSR count). The lowest BCUT2D eigenvalue weighted by Gasteiger charge is -1.99. The molecule has 0 fully saturated rings. The quantitative estimate of drug-likeness (QED) is 0.722. The van der Waals surface area contributed by atoms with E-state index in [2.05, 4.69) is 14.9 Å². The van der Waals surface area contributed by atoms with E-state index in [1.165, 1.54) is 0 Å². The van der Waals surface area contributed by atoms with Crippen LogP contribution in [0.15, 0.2) is 4.63 Å². The van der Waals surface area contributed by atoms with E-state index in [9.17, 15) is 8.78 Å². The molecule has 5 heteroatoms. The minimum absolute atomic E-state index is 0.0785. The number of hydrogen-bond donors (Lipinski definition) is 0. The van der Waals surface area contributed by atoms with Gasteiger partial charge >= 0.3 is 0 Å². The zero-order chi connectivity index (χ0) is 10.4. The van der Waals surface area contributed by atoms with Crippen LogP contribution >= 0.6 is 0 Å². The Morgan fingerprint density at radius 1 is 1.08 bits per heavy atom. The van der Waals surface area contributed by atoms with E-state index in [4.69, 9.17) is 0 Å². The Morgan fingerprint density at radius 2 is 1.54 bits per heavy atom. The first-order valence-corrected chi connectivity index (χ1v) is 4.23. The zero-order valence-corrected chi connectivity index (χ0v) is 8.21. The van der Waals surface area contributed by atoms with Crippen molar-refractivity contribution in [3.05, 3.63) is 11.4 Å². The van der Waals surface area contributed by atoms with Crippen molar-refractivity contribution in [1.82, 2.24) is 10.3 Å². The van der Waals surface area contributed by atoms with Gasteiger partial charge in [-0.25, -0.2) is 13.4 Å². The van der Waals surface area contributed by atoms with E-state index in [-0.39, 0.29) is 17.3 Å². The van der Waals surface area contributed by atoms with Gasteiger partial charge in [-0.3, -0.25) is 0 Å². The third-order valence-corrected chi connectivity index (χ3v) is 1.29. The van der Waals surface area contributed by atoms with E-state index >= 15 is 0 Å². The summed E-state index contributed by atoms with van der Waals surface area (Å²) >= 11 is 0. The van der Waals surface area contributed by atoms with Crippen LogP contribution in [0.25, 0.3) is 0 Å². The number of hydrogen-bond acceptors (Lipinski definition) is 3. The van der Waals surface area contributed by atoms with Crippen LogP contribution < -0.4 is 0 Å². The van der Waals surface area contributed by atoms with Crippen molar-refractivity contribution < 1.29 is 13.4 Å². The summed E-state index contributed by atoms with van der Waals surface area (Å²) < 4.78 is 28.3. The van der Waals surface area contributed by atoms with Crippen molar-refractivity contribution in [3.8, 4) is 0 Å². The fraction of sp³-hybridized carbons (Fsp3) is 0.750. The van der Waals surface area contributed by atoms with Gasteiger partial charge in [0.25, 0.3) is 6.43 Å². The van der Waals surface area contributed by atoms with E-state index in [1.807, 2.05) is 13.8 Å². The van der Waals surface area contributed by atoms with Crippen LogP contribution in [0.1, 0.15) is 51.4 Å². The molecular formula is C8H14F2N2O. The van der Waals surface area contributed by atoms with Gasteiger partial charge in [-0.1, -0.05) is 32.9 Å². The standard InChI is InChI=1S/C6H8F2N2O.C2H6/c1-3(2)4-5(6(7)8)10-11-9-4;1-2/h3,6H,1-2H3;1-2H3. The van der Waals surface area contributed by atoms with Crippen molar-refractivity contribution in [2.24, 2.45) is 0 Å². The average molecular weight is 192 g/mol. The number of aromatic nitrogens is 2. The molecule has 0 aliphatic rings. The average Bonchev–Trinajstić information content (AvgIpc) is 2.55. The van der Waals surface area contributed by atoms with Crippen LogP contribution in [-0.4, -0.2) is 10.3 Å². The number of rotatable bonds is 2. The highest BCUT2D eigenvalue weighted by atomic mass is 19.3. The van der Waals surface area contributed by atoms with E-state index in [1.54, 1.807) is 13.8 Å². The van der Waals surface area contributed by atoms with Gasteiger partial charge < -0.3 is 0 Å². The van der Waals surface area contributed by atoms with Gasteiger partial charge in [0.15, 0.2) is 5.69 Å². The highest BCUT2D eigenvalue weighted by molar-refractivity contribution is 5.12. The lowest BCUT2D eigenvalue weighted by Crippen LogP contribution is -1.95. The monoisotopic (exact) mass is 192 g/mol. The first-order chi connectivity index (χ1) is 6.13. The van der Waals surface area contributed by atoms with Gasteiger partial charge in [-0.05, 0) is 5.16 Å². The Labute approximate surface area is 76.1 Å². The van der Waals surface area contributed by atoms with Crippen LogP contribution in [0.2, 0.25) is 0 Å². The minimum atomic E-state index is -2.60. The van der Waals surface area contributed by atoms with Crippen molar-refractivity contribution in [2.45, 2.75) is 40.0 Å². The molecule has 1 heterocycles. The molecule has 0 aliphatic heterocycles.